The average Bonchev–Trinajstić information content (AvgIpc) is 2.70. The number of halogens is 2. The highest BCUT2D eigenvalue weighted by molar-refractivity contribution is 7.88. The Bertz CT molecular complexity index is 865. The zero-order chi connectivity index (χ0) is 20.1. The van der Waals surface area contributed by atoms with Gasteiger partial charge in [-0.15, -0.1) is 0 Å². The average molecular weight is 410 g/mol. The maximum Gasteiger partial charge on any atom is 0.216 e. The van der Waals surface area contributed by atoms with Gasteiger partial charge < -0.3 is 4.90 Å². The third-order valence-corrected chi connectivity index (χ3v) is 6.33. The minimum absolute atomic E-state index is 0.0156. The summed E-state index contributed by atoms with van der Waals surface area (Å²) >= 11 is 0. The molecule has 2 aromatic carbocycles. The topological polar surface area (TPSA) is 52.7 Å². The maximum absolute atomic E-state index is 13.7. The number of rotatable bonds is 7. The summed E-state index contributed by atoms with van der Waals surface area (Å²) in [6.45, 7) is 5.51. The van der Waals surface area contributed by atoms with Crippen molar-refractivity contribution in [3.05, 3.63) is 65.7 Å². The number of hydrogen-bond donors (Lipinski definition) is 1. The van der Waals surface area contributed by atoms with Crippen LogP contribution in [0.2, 0.25) is 0 Å². The van der Waals surface area contributed by atoms with E-state index in [2.05, 4.69) is 26.7 Å². The number of hydrogen-bond acceptors (Lipinski definition) is 4. The van der Waals surface area contributed by atoms with Crippen LogP contribution in [0.25, 0.3) is 0 Å². The van der Waals surface area contributed by atoms with E-state index in [0.29, 0.717) is 0 Å². The number of nitrogens with one attached hydrogen (secondary N) is 1. The first-order valence-corrected chi connectivity index (χ1v) is 11.0. The predicted molar refractivity (Wildman–Crippen MR) is 107 cm³/mol. The van der Waals surface area contributed by atoms with E-state index in [1.54, 1.807) is 0 Å². The maximum atomic E-state index is 13.7. The van der Waals surface area contributed by atoms with Gasteiger partial charge in [-0.2, -0.15) is 0 Å². The van der Waals surface area contributed by atoms with Gasteiger partial charge >= 0.3 is 0 Å². The highest BCUT2D eigenvalue weighted by Gasteiger charge is 2.23. The number of benzene rings is 2. The van der Waals surface area contributed by atoms with Crippen LogP contribution in [-0.4, -0.2) is 52.1 Å². The van der Waals surface area contributed by atoms with E-state index in [0.717, 1.165) is 38.3 Å². The van der Waals surface area contributed by atoms with E-state index in [1.165, 1.54) is 11.8 Å². The lowest BCUT2D eigenvalue weighted by molar-refractivity contribution is 0.198. The van der Waals surface area contributed by atoms with Crippen molar-refractivity contribution < 1.29 is 17.2 Å². The monoisotopic (exact) mass is 409 g/mol. The fourth-order valence-electron chi connectivity index (χ4n) is 3.35. The largest absolute Gasteiger partial charge is 0.369 e. The number of anilines is 1. The second kappa shape index (κ2) is 8.98. The van der Waals surface area contributed by atoms with Gasteiger partial charge in [0.1, 0.15) is 11.6 Å². The lowest BCUT2D eigenvalue weighted by Gasteiger charge is -2.39. The summed E-state index contributed by atoms with van der Waals surface area (Å²) in [5, 5.41) is 0. The minimum Gasteiger partial charge on any atom is -0.369 e. The molecule has 1 aliphatic heterocycles. The molecule has 0 amide bonds. The summed E-state index contributed by atoms with van der Waals surface area (Å²) in [6, 6.07) is 13.5. The van der Waals surface area contributed by atoms with Crippen LogP contribution in [0.4, 0.5) is 14.5 Å². The van der Waals surface area contributed by atoms with Crippen molar-refractivity contribution in [1.29, 1.82) is 0 Å². The van der Waals surface area contributed by atoms with Gasteiger partial charge in [-0.1, -0.05) is 24.3 Å². The number of para-hydroxylation sites is 1. The van der Waals surface area contributed by atoms with Gasteiger partial charge in [0, 0.05) is 50.0 Å². The third-order valence-electron chi connectivity index (χ3n) is 5.05. The van der Waals surface area contributed by atoms with Crippen molar-refractivity contribution in [2.24, 2.45) is 0 Å². The van der Waals surface area contributed by atoms with Crippen molar-refractivity contribution in [3.63, 3.8) is 0 Å². The summed E-state index contributed by atoms with van der Waals surface area (Å²) in [5.74, 6) is -2.41. The first-order chi connectivity index (χ1) is 13.4. The molecule has 0 bridgehead atoms. The van der Waals surface area contributed by atoms with Crippen molar-refractivity contribution >= 4 is 15.7 Å². The minimum atomic E-state index is -3.83. The molecule has 2 aromatic rings. The van der Waals surface area contributed by atoms with Crippen LogP contribution in [0.1, 0.15) is 12.5 Å². The van der Waals surface area contributed by atoms with Gasteiger partial charge in [-0.3, -0.25) is 4.90 Å². The zero-order valence-corrected chi connectivity index (χ0v) is 16.6. The van der Waals surface area contributed by atoms with Gasteiger partial charge in [0.05, 0.1) is 5.75 Å². The molecule has 8 heteroatoms. The van der Waals surface area contributed by atoms with Gasteiger partial charge in [0.2, 0.25) is 10.0 Å². The highest BCUT2D eigenvalue weighted by atomic mass is 32.2. The van der Waals surface area contributed by atoms with Crippen LogP contribution in [0.15, 0.2) is 48.5 Å². The summed E-state index contributed by atoms with van der Waals surface area (Å²) in [5.41, 5.74) is 0.751. The Morgan fingerprint density at radius 1 is 0.964 bits per heavy atom. The Morgan fingerprint density at radius 2 is 1.57 bits per heavy atom. The van der Waals surface area contributed by atoms with Crippen LogP contribution >= 0.6 is 0 Å². The Kier molecular flexibility index (Phi) is 6.64. The lowest BCUT2D eigenvalue weighted by Crippen LogP contribution is -2.52. The molecule has 3 rings (SSSR count). The molecule has 0 spiro atoms. The molecule has 1 atom stereocenters. The van der Waals surface area contributed by atoms with Gasteiger partial charge in [0.15, 0.2) is 0 Å². The Morgan fingerprint density at radius 3 is 2.18 bits per heavy atom. The zero-order valence-electron chi connectivity index (χ0n) is 15.8. The lowest BCUT2D eigenvalue weighted by atomic mass is 10.2. The summed E-state index contributed by atoms with van der Waals surface area (Å²) in [6.07, 6.45) is 0. The molecule has 1 N–H and O–H groups in total. The van der Waals surface area contributed by atoms with Crippen LogP contribution in [0, 0.1) is 11.6 Å². The highest BCUT2D eigenvalue weighted by Crippen LogP contribution is 2.17. The molecule has 28 heavy (non-hydrogen) atoms. The van der Waals surface area contributed by atoms with Gasteiger partial charge in [-0.25, -0.2) is 21.9 Å². The first kappa shape index (κ1) is 20.7. The second-order valence-corrected chi connectivity index (χ2v) is 8.82. The van der Waals surface area contributed by atoms with E-state index < -0.39 is 33.0 Å². The molecule has 0 aromatic heterocycles. The van der Waals surface area contributed by atoms with E-state index in [4.69, 9.17) is 0 Å². The van der Waals surface area contributed by atoms with Crippen LogP contribution in [-0.2, 0) is 15.8 Å². The molecule has 152 valence electrons. The fourth-order valence-corrected chi connectivity index (χ4v) is 4.60. The van der Waals surface area contributed by atoms with E-state index >= 15 is 0 Å². The van der Waals surface area contributed by atoms with Crippen LogP contribution in [0.5, 0.6) is 0 Å². The van der Waals surface area contributed by atoms with E-state index in [1.807, 2.05) is 25.1 Å². The van der Waals surface area contributed by atoms with Gasteiger partial charge in [-0.05, 0) is 31.2 Å². The van der Waals surface area contributed by atoms with Crippen molar-refractivity contribution in [2.75, 3.05) is 37.6 Å². The van der Waals surface area contributed by atoms with E-state index in [-0.39, 0.29) is 12.6 Å². The smallest absolute Gasteiger partial charge is 0.216 e. The predicted octanol–water partition coefficient (Wildman–Crippen LogP) is 2.59. The molecule has 0 radical (unpaired) electrons. The van der Waals surface area contributed by atoms with Gasteiger partial charge in [0.25, 0.3) is 0 Å². The summed E-state index contributed by atoms with van der Waals surface area (Å²) in [4.78, 5) is 4.51. The van der Waals surface area contributed by atoms with Crippen molar-refractivity contribution in [1.82, 2.24) is 9.62 Å². The molecule has 1 aliphatic rings. The molecule has 5 nitrogen and oxygen atoms in total. The summed E-state index contributed by atoms with van der Waals surface area (Å²) < 4.78 is 54.4. The standard InChI is InChI=1S/C20H25F2N3O2S/c1-16(24-10-12-25(13-11-24)17-6-3-2-4-7-17)14-23-28(26,27)15-18-19(21)8-5-9-20(18)22/h2-9,16,23H,10-15H2,1H3. The Labute approximate surface area is 165 Å². The van der Waals surface area contributed by atoms with E-state index in [9.17, 15) is 17.2 Å². The quantitative estimate of drug-likeness (QED) is 0.764. The molecule has 1 saturated heterocycles. The molecular weight excluding hydrogens is 384 g/mol. The molecule has 1 heterocycles. The molecule has 0 aliphatic carbocycles. The molecule has 1 unspecified atom stereocenters. The molecule has 1 fully saturated rings. The first-order valence-electron chi connectivity index (χ1n) is 9.30. The SMILES string of the molecule is CC(CNS(=O)(=O)Cc1c(F)cccc1F)N1CCN(c2ccccc2)CC1. The molecular formula is C20H25F2N3O2S. The van der Waals surface area contributed by atoms with Crippen LogP contribution in [0.3, 0.4) is 0 Å². The number of sulfonamides is 1. The van der Waals surface area contributed by atoms with Crippen LogP contribution < -0.4 is 9.62 Å². The van der Waals surface area contributed by atoms with Crippen molar-refractivity contribution in [2.45, 2.75) is 18.7 Å². The number of piperazine rings is 1. The third kappa shape index (κ3) is 5.27. The number of nitrogens with zero attached hydrogens (tertiary/aromatic N) is 2. The second-order valence-electron chi connectivity index (χ2n) is 7.02. The van der Waals surface area contributed by atoms with Crippen molar-refractivity contribution in [3.8, 4) is 0 Å². The summed E-state index contributed by atoms with van der Waals surface area (Å²) in [7, 11) is -3.83. The normalized spacial score (nSPS) is 16.9. The Hall–Kier alpha value is -2.03. The fraction of sp³-hybridized carbons (Fsp3) is 0.400. The molecule has 0 saturated carbocycles. The Balaban J connectivity index is 1.51.